The topological polar surface area (TPSA) is 87.6 Å². The van der Waals surface area contributed by atoms with E-state index < -0.39 is 6.09 Å². The van der Waals surface area contributed by atoms with Gasteiger partial charge in [0, 0.05) is 88.0 Å². The summed E-state index contributed by atoms with van der Waals surface area (Å²) in [6.45, 7) is 12.8. The Bertz CT molecular complexity index is 2080. The predicted octanol–water partition coefficient (Wildman–Crippen LogP) is 8.15. The molecule has 1 fully saturated rings. The molecule has 3 aliphatic rings. The van der Waals surface area contributed by atoms with Gasteiger partial charge in [0.15, 0.2) is 5.75 Å². The van der Waals surface area contributed by atoms with Gasteiger partial charge in [0.2, 0.25) is 0 Å². The maximum atomic E-state index is 15.4. The Labute approximate surface area is 342 Å². The van der Waals surface area contributed by atoms with E-state index >= 15 is 4.79 Å². The molecule has 3 amide bonds. The molecule has 0 unspecified atom stereocenters. The molecule has 4 heterocycles. The Hall–Kier alpha value is -4.64. The Morgan fingerprint density at radius 1 is 0.842 bits per heavy atom. The molecule has 1 aromatic heterocycles. The maximum absolute atomic E-state index is 15.4. The molecule has 0 spiro atoms. The van der Waals surface area contributed by atoms with Crippen molar-refractivity contribution < 1.29 is 23.9 Å². The van der Waals surface area contributed by atoms with E-state index in [0.29, 0.717) is 61.2 Å². The molecule has 0 bridgehead atoms. The minimum absolute atomic E-state index is 0.0352. The number of morpholine rings is 1. The van der Waals surface area contributed by atoms with Crippen LogP contribution in [0.25, 0.3) is 11.3 Å². The first kappa shape index (κ1) is 40.6. The van der Waals surface area contributed by atoms with Crippen LogP contribution < -0.4 is 4.74 Å². The van der Waals surface area contributed by atoms with Gasteiger partial charge in [-0.2, -0.15) is 0 Å². The highest BCUT2D eigenvalue weighted by Crippen LogP contribution is 2.36. The molecule has 0 radical (unpaired) electrons. The summed E-state index contributed by atoms with van der Waals surface area (Å²) in [7, 11) is 1.99. The number of hydrogen-bond donors (Lipinski definition) is 0. The van der Waals surface area contributed by atoms with Crippen LogP contribution in [0.1, 0.15) is 88.2 Å². The third-order valence-corrected chi connectivity index (χ3v) is 12.3. The molecule has 3 aromatic carbocycles. The summed E-state index contributed by atoms with van der Waals surface area (Å²) < 4.78 is 13.5. The van der Waals surface area contributed by atoms with Crippen molar-refractivity contribution in [3.8, 4) is 17.0 Å². The molecule has 1 saturated heterocycles. The first-order chi connectivity index (χ1) is 27.7. The molecular weight excluding hydrogens is 738 g/mol. The molecule has 0 saturated carbocycles. The third kappa shape index (κ3) is 8.93. The van der Waals surface area contributed by atoms with Crippen LogP contribution in [-0.2, 0) is 37.7 Å². The van der Waals surface area contributed by atoms with Crippen molar-refractivity contribution in [3.05, 3.63) is 111 Å². The summed E-state index contributed by atoms with van der Waals surface area (Å²) in [6.07, 6.45) is 4.78. The van der Waals surface area contributed by atoms with Crippen LogP contribution in [0, 0.1) is 6.92 Å². The molecule has 10 nitrogen and oxygen atoms in total. The number of amides is 3. The van der Waals surface area contributed by atoms with Crippen LogP contribution in [0.15, 0.2) is 66.7 Å². The fraction of sp³-hybridized carbons (Fsp3) is 0.457. The van der Waals surface area contributed by atoms with E-state index in [1.54, 1.807) is 29.2 Å². The van der Waals surface area contributed by atoms with Crippen LogP contribution in [-0.4, -0.2) is 101 Å². The lowest BCUT2D eigenvalue weighted by atomic mass is 9.89. The average molecular weight is 794 g/mol. The number of nitrogens with zero attached hydrogens (tertiary/aromatic N) is 5. The van der Waals surface area contributed by atoms with Crippen molar-refractivity contribution in [1.82, 2.24) is 24.2 Å². The quantitative estimate of drug-likeness (QED) is 0.144. The Kier molecular flexibility index (Phi) is 13.0. The number of fused-ring (bicyclic) bond motifs is 2. The van der Waals surface area contributed by atoms with E-state index in [4.69, 9.17) is 21.1 Å². The average Bonchev–Trinajstić information content (AvgIpc) is 3.53. The van der Waals surface area contributed by atoms with Gasteiger partial charge in [0.05, 0.1) is 23.8 Å². The van der Waals surface area contributed by atoms with E-state index in [1.165, 1.54) is 5.56 Å². The van der Waals surface area contributed by atoms with Crippen molar-refractivity contribution in [2.45, 2.75) is 78.4 Å². The number of carbonyl (C=O) groups is 3. The number of carbonyl (C=O) groups excluding carboxylic acids is 3. The van der Waals surface area contributed by atoms with E-state index in [9.17, 15) is 9.59 Å². The molecule has 302 valence electrons. The number of para-hydroxylation sites is 1. The highest BCUT2D eigenvalue weighted by Gasteiger charge is 2.35. The normalized spacial score (nSPS) is 16.9. The number of hydrogen-bond acceptors (Lipinski definition) is 6. The summed E-state index contributed by atoms with van der Waals surface area (Å²) in [6, 6.07) is 21.4. The molecule has 4 aromatic rings. The standard InChI is InChI=1S/C46H56ClN5O5/c1-5-7-18-50(19-8-6-2)44(53)38-28-42(48(4)32(38)3)39-26-34-17-20-51(46(55)57-43-16-12-11-15-41(43)47)29-36(34)27-40(39)45(54)52-30-35-14-10-9-13-33(35)25-37(52)31-49-21-23-56-24-22-49/h9-16,26-28,37H,5-8,17-25,29-31H2,1-4H3/t37-/m0/s1. The maximum Gasteiger partial charge on any atom is 0.415 e. The van der Waals surface area contributed by atoms with Crippen LogP contribution in [0.3, 0.4) is 0 Å². The van der Waals surface area contributed by atoms with Gasteiger partial charge in [0.25, 0.3) is 11.8 Å². The van der Waals surface area contributed by atoms with Gasteiger partial charge in [-0.15, -0.1) is 0 Å². The van der Waals surface area contributed by atoms with Gasteiger partial charge in [-0.1, -0.05) is 74.7 Å². The lowest BCUT2D eigenvalue weighted by molar-refractivity contribution is 0.0193. The number of benzene rings is 3. The zero-order valence-electron chi connectivity index (χ0n) is 33.9. The van der Waals surface area contributed by atoms with Gasteiger partial charge < -0.3 is 28.7 Å². The van der Waals surface area contributed by atoms with Gasteiger partial charge in [-0.3, -0.25) is 14.5 Å². The molecule has 7 rings (SSSR count). The first-order valence-electron chi connectivity index (χ1n) is 20.7. The fourth-order valence-corrected chi connectivity index (χ4v) is 8.60. The van der Waals surface area contributed by atoms with Crippen molar-refractivity contribution in [1.29, 1.82) is 0 Å². The van der Waals surface area contributed by atoms with E-state index in [0.717, 1.165) is 98.5 Å². The van der Waals surface area contributed by atoms with Crippen molar-refractivity contribution >= 4 is 29.5 Å². The van der Waals surface area contributed by atoms with Crippen molar-refractivity contribution in [3.63, 3.8) is 0 Å². The highest BCUT2D eigenvalue weighted by molar-refractivity contribution is 6.32. The lowest BCUT2D eigenvalue weighted by Gasteiger charge is -2.41. The second-order valence-electron chi connectivity index (χ2n) is 15.7. The second-order valence-corrected chi connectivity index (χ2v) is 16.1. The summed E-state index contributed by atoms with van der Waals surface area (Å²) in [5.74, 6) is 0.286. The number of halogens is 1. The number of aromatic nitrogens is 1. The van der Waals surface area contributed by atoms with Crippen LogP contribution in [0.2, 0.25) is 5.02 Å². The van der Waals surface area contributed by atoms with Crippen LogP contribution >= 0.6 is 11.6 Å². The zero-order chi connectivity index (χ0) is 40.1. The van der Waals surface area contributed by atoms with E-state index in [-0.39, 0.29) is 17.9 Å². The molecule has 57 heavy (non-hydrogen) atoms. The van der Waals surface area contributed by atoms with Gasteiger partial charge in [-0.25, -0.2) is 4.79 Å². The number of unbranched alkanes of at least 4 members (excludes halogenated alkanes) is 2. The Balaban J connectivity index is 1.29. The molecule has 0 N–H and O–H groups in total. The van der Waals surface area contributed by atoms with Crippen molar-refractivity contribution in [2.75, 3.05) is 52.5 Å². The number of ether oxygens (including phenoxy) is 2. The minimum atomic E-state index is -0.485. The van der Waals surface area contributed by atoms with E-state index in [1.807, 2.05) is 42.0 Å². The first-order valence-corrected chi connectivity index (χ1v) is 21.0. The molecule has 1 atom stereocenters. The molecule has 3 aliphatic heterocycles. The predicted molar refractivity (Wildman–Crippen MR) is 224 cm³/mol. The van der Waals surface area contributed by atoms with Gasteiger partial charge >= 0.3 is 6.09 Å². The minimum Gasteiger partial charge on any atom is -0.409 e. The largest absolute Gasteiger partial charge is 0.415 e. The number of rotatable bonds is 12. The third-order valence-electron chi connectivity index (χ3n) is 12.0. The Morgan fingerprint density at radius 3 is 2.26 bits per heavy atom. The summed E-state index contributed by atoms with van der Waals surface area (Å²) in [5, 5.41) is 0.366. The highest BCUT2D eigenvalue weighted by atomic mass is 35.5. The smallest absolute Gasteiger partial charge is 0.409 e. The second kappa shape index (κ2) is 18.3. The SMILES string of the molecule is CCCCN(CCCC)C(=O)c1cc(-c2cc3c(cc2C(=O)N2Cc4ccccc4C[C@H]2CN2CCOCC2)CN(C(=O)Oc2ccccc2Cl)CC3)n(C)c1C. The van der Waals surface area contributed by atoms with Gasteiger partial charge in [0.1, 0.15) is 0 Å². The van der Waals surface area contributed by atoms with Crippen LogP contribution in [0.5, 0.6) is 5.75 Å². The summed E-state index contributed by atoms with van der Waals surface area (Å²) >= 11 is 6.33. The monoisotopic (exact) mass is 793 g/mol. The van der Waals surface area contributed by atoms with E-state index in [2.05, 4.69) is 47.6 Å². The van der Waals surface area contributed by atoms with Crippen molar-refractivity contribution in [2.24, 2.45) is 7.05 Å². The molecular formula is C46H56ClN5O5. The summed E-state index contributed by atoms with van der Waals surface area (Å²) in [4.78, 5) is 51.2. The van der Waals surface area contributed by atoms with Crippen LogP contribution in [0.4, 0.5) is 4.79 Å². The Morgan fingerprint density at radius 2 is 1.54 bits per heavy atom. The fourth-order valence-electron chi connectivity index (χ4n) is 8.42. The summed E-state index contributed by atoms with van der Waals surface area (Å²) in [5.41, 5.74) is 8.12. The molecule has 0 aliphatic carbocycles. The van der Waals surface area contributed by atoms with Gasteiger partial charge in [-0.05, 0) is 85.2 Å². The zero-order valence-corrected chi connectivity index (χ0v) is 34.7. The molecule has 11 heteroatoms. The lowest BCUT2D eigenvalue weighted by Crippen LogP contribution is -2.52.